The van der Waals surface area contributed by atoms with Crippen molar-refractivity contribution in [2.45, 2.75) is 46.1 Å². The number of esters is 3. The molecule has 0 aromatic carbocycles. The van der Waals surface area contributed by atoms with Gasteiger partial charge in [-0.1, -0.05) is 0 Å². The first-order chi connectivity index (χ1) is 10.4. The number of aromatic nitrogens is 1. The topological polar surface area (TPSA) is 124 Å². The van der Waals surface area contributed by atoms with Crippen molar-refractivity contribution in [3.63, 3.8) is 0 Å². The van der Waals surface area contributed by atoms with Crippen molar-refractivity contribution in [2.24, 2.45) is 0 Å². The van der Waals surface area contributed by atoms with Crippen molar-refractivity contribution in [3.05, 3.63) is 12.1 Å². The maximum Gasteiger partial charge on any atom is 0.455 e. The lowest BCUT2D eigenvalue weighted by molar-refractivity contribution is -0.275. The van der Waals surface area contributed by atoms with Crippen molar-refractivity contribution in [2.75, 3.05) is 0 Å². The molecule has 0 aliphatic heterocycles. The van der Waals surface area contributed by atoms with E-state index in [1.165, 1.54) is 20.8 Å². The van der Waals surface area contributed by atoms with Crippen LogP contribution in [-0.4, -0.2) is 38.3 Å². The Balaban J connectivity index is 3.57. The summed E-state index contributed by atoms with van der Waals surface area (Å²) in [5, 5.41) is 19.7. The molecule has 0 saturated carbocycles. The normalized spacial score (nSPS) is 11.7. The Morgan fingerprint density at radius 2 is 1.30 bits per heavy atom. The molecule has 1 rings (SSSR count). The van der Waals surface area contributed by atoms with Crippen LogP contribution in [0.1, 0.15) is 34.6 Å². The van der Waals surface area contributed by atoms with Crippen LogP contribution in [0.2, 0.25) is 0 Å². The van der Waals surface area contributed by atoms with E-state index < -0.39 is 41.2 Å². The number of carbonyl (C=O) groups excluding carboxylic acids is 3. The molecule has 0 aliphatic carbocycles. The molecule has 1 aromatic rings. The smallest absolute Gasteiger partial charge is 0.455 e. The van der Waals surface area contributed by atoms with Gasteiger partial charge in [0.15, 0.2) is 0 Å². The summed E-state index contributed by atoms with van der Waals surface area (Å²) >= 11 is 0. The predicted octanol–water partition coefficient (Wildman–Crippen LogP) is 0.977. The molecule has 0 amide bonds. The maximum absolute atomic E-state index is 12.5. The first kappa shape index (κ1) is 18.3. The number of ether oxygens (including phenoxy) is 3. The van der Waals surface area contributed by atoms with Gasteiger partial charge in [-0.15, -0.1) is 0 Å². The molecule has 128 valence electrons. The molecular formula is C14H19NO8. The highest BCUT2D eigenvalue weighted by atomic mass is 16.8. The number of rotatable bonds is 4. The van der Waals surface area contributed by atoms with E-state index in [1.54, 1.807) is 0 Å². The molecule has 0 saturated heterocycles. The van der Waals surface area contributed by atoms with Crippen molar-refractivity contribution in [3.8, 4) is 11.8 Å². The Labute approximate surface area is 132 Å². The van der Waals surface area contributed by atoms with Gasteiger partial charge < -0.3 is 24.4 Å². The second-order valence-electron chi connectivity index (χ2n) is 5.66. The lowest BCUT2D eigenvalue weighted by atomic mass is 10.2. The van der Waals surface area contributed by atoms with E-state index in [-0.39, 0.29) is 0 Å². The van der Waals surface area contributed by atoms with Crippen molar-refractivity contribution in [1.29, 1.82) is 0 Å². The van der Waals surface area contributed by atoms with Gasteiger partial charge in [0.25, 0.3) is 0 Å². The Hall–Kier alpha value is -2.71. The highest BCUT2D eigenvalue weighted by Crippen LogP contribution is 2.35. The van der Waals surface area contributed by atoms with Crippen LogP contribution in [0.5, 0.6) is 11.8 Å². The van der Waals surface area contributed by atoms with Gasteiger partial charge in [-0.2, -0.15) is 4.57 Å². The maximum atomic E-state index is 12.5. The van der Waals surface area contributed by atoms with Crippen molar-refractivity contribution >= 4 is 17.9 Å². The largest absolute Gasteiger partial charge is 0.494 e. The Morgan fingerprint density at radius 3 is 1.61 bits per heavy atom. The fourth-order valence-corrected chi connectivity index (χ4v) is 1.74. The van der Waals surface area contributed by atoms with E-state index in [0.29, 0.717) is 4.57 Å². The van der Waals surface area contributed by atoms with Gasteiger partial charge in [0.2, 0.25) is 11.8 Å². The number of carbonyl (C=O) groups is 3. The van der Waals surface area contributed by atoms with Gasteiger partial charge in [0.05, 0.1) is 0 Å². The zero-order chi connectivity index (χ0) is 18.0. The van der Waals surface area contributed by atoms with Crippen LogP contribution in [0.4, 0.5) is 0 Å². The minimum Gasteiger partial charge on any atom is -0.494 e. The molecule has 9 nitrogen and oxygen atoms in total. The molecule has 0 bridgehead atoms. The summed E-state index contributed by atoms with van der Waals surface area (Å²) in [6.07, 6.45) is 0. The quantitative estimate of drug-likeness (QED) is 0.618. The summed E-state index contributed by atoms with van der Waals surface area (Å²) in [5.41, 5.74) is -1.03. The molecule has 0 fully saturated rings. The van der Waals surface area contributed by atoms with E-state index in [2.05, 4.69) is 0 Å². The highest BCUT2D eigenvalue weighted by Gasteiger charge is 2.54. The number of aromatic hydroxyl groups is 2. The average Bonchev–Trinajstić information content (AvgIpc) is 2.64. The summed E-state index contributed by atoms with van der Waals surface area (Å²) in [4.78, 5) is 35.4. The number of hydrogen-bond acceptors (Lipinski definition) is 8. The summed E-state index contributed by atoms with van der Waals surface area (Å²) in [7, 11) is 0. The summed E-state index contributed by atoms with van der Waals surface area (Å²) in [6, 6.07) is 2.03. The van der Waals surface area contributed by atoms with Gasteiger partial charge in [0.1, 0.15) is 5.60 Å². The fourth-order valence-electron chi connectivity index (χ4n) is 1.74. The Kier molecular flexibility index (Phi) is 4.93. The Morgan fingerprint density at radius 1 is 0.913 bits per heavy atom. The third kappa shape index (κ3) is 4.15. The molecule has 9 heteroatoms. The first-order valence-electron chi connectivity index (χ1n) is 6.62. The summed E-state index contributed by atoms with van der Waals surface area (Å²) in [6.45, 7) is 6.52. The zero-order valence-corrected chi connectivity index (χ0v) is 13.4. The second kappa shape index (κ2) is 6.19. The van der Waals surface area contributed by atoms with Gasteiger partial charge >= 0.3 is 23.8 Å². The van der Waals surface area contributed by atoms with Gasteiger partial charge in [-0.3, -0.25) is 9.59 Å². The second-order valence-corrected chi connectivity index (χ2v) is 5.66. The molecule has 0 spiro atoms. The summed E-state index contributed by atoms with van der Waals surface area (Å²) < 4.78 is 15.2. The average molecular weight is 329 g/mol. The SMILES string of the molecule is CC(=O)OC(OC(C)=O)(C(=O)OC(C)(C)C)n1c(O)ccc1O. The molecular weight excluding hydrogens is 310 g/mol. The van der Waals surface area contributed by atoms with Crippen LogP contribution in [-0.2, 0) is 34.5 Å². The molecule has 23 heavy (non-hydrogen) atoms. The minimum atomic E-state index is -2.83. The lowest BCUT2D eigenvalue weighted by Crippen LogP contribution is -2.51. The van der Waals surface area contributed by atoms with Gasteiger partial charge in [-0.25, -0.2) is 4.79 Å². The van der Waals surface area contributed by atoms with Crippen LogP contribution in [0, 0.1) is 0 Å². The van der Waals surface area contributed by atoms with E-state index in [0.717, 1.165) is 26.0 Å². The van der Waals surface area contributed by atoms with E-state index in [4.69, 9.17) is 14.2 Å². The van der Waals surface area contributed by atoms with Crippen LogP contribution >= 0.6 is 0 Å². The molecule has 0 aliphatic rings. The van der Waals surface area contributed by atoms with E-state index in [9.17, 15) is 24.6 Å². The standard InChI is InChI=1S/C14H19NO8/c1-8(16)21-14(22-9(2)17,12(20)23-13(3,4)5)15-10(18)6-7-11(15)19/h6-7,18-19H,1-5H3. The van der Waals surface area contributed by atoms with Gasteiger partial charge in [0, 0.05) is 26.0 Å². The molecule has 0 radical (unpaired) electrons. The fraction of sp³-hybridized carbons (Fsp3) is 0.500. The first-order valence-corrected chi connectivity index (χ1v) is 6.62. The monoisotopic (exact) mass is 329 g/mol. The third-order valence-electron chi connectivity index (χ3n) is 2.36. The molecule has 2 N–H and O–H groups in total. The summed E-state index contributed by atoms with van der Waals surface area (Å²) in [5.74, 6) is -7.53. The zero-order valence-electron chi connectivity index (χ0n) is 13.4. The van der Waals surface area contributed by atoms with Gasteiger partial charge in [-0.05, 0) is 20.8 Å². The predicted molar refractivity (Wildman–Crippen MR) is 75.1 cm³/mol. The molecule has 0 unspecified atom stereocenters. The Bertz CT molecular complexity index is 590. The third-order valence-corrected chi connectivity index (χ3v) is 2.36. The molecule has 1 aromatic heterocycles. The molecule has 0 atom stereocenters. The van der Waals surface area contributed by atoms with E-state index >= 15 is 0 Å². The number of nitrogens with zero attached hydrogens (tertiary/aromatic N) is 1. The minimum absolute atomic E-state index is 0.434. The van der Waals surface area contributed by atoms with Crippen LogP contribution < -0.4 is 0 Å². The number of hydrogen-bond donors (Lipinski definition) is 2. The lowest BCUT2D eigenvalue weighted by Gasteiger charge is -2.33. The van der Waals surface area contributed by atoms with Crippen LogP contribution in [0.25, 0.3) is 0 Å². The molecule has 1 heterocycles. The van der Waals surface area contributed by atoms with Crippen molar-refractivity contribution < 1.29 is 38.8 Å². The highest BCUT2D eigenvalue weighted by molar-refractivity contribution is 5.83. The van der Waals surface area contributed by atoms with Crippen LogP contribution in [0.3, 0.4) is 0 Å². The van der Waals surface area contributed by atoms with Crippen LogP contribution in [0.15, 0.2) is 12.1 Å². The van der Waals surface area contributed by atoms with E-state index in [1.807, 2.05) is 0 Å². The van der Waals surface area contributed by atoms with Crippen molar-refractivity contribution in [1.82, 2.24) is 4.57 Å².